The van der Waals surface area contributed by atoms with Crippen LogP contribution in [0.5, 0.6) is 0 Å². The molecule has 11 heteroatoms. The van der Waals surface area contributed by atoms with Crippen molar-refractivity contribution in [3.05, 3.63) is 89.1 Å². The van der Waals surface area contributed by atoms with Crippen LogP contribution >= 0.6 is 0 Å². The molecule has 1 N–H and O–H groups in total. The van der Waals surface area contributed by atoms with Gasteiger partial charge in [-0.1, -0.05) is 0 Å². The molecule has 4 rings (SSSR count). The summed E-state index contributed by atoms with van der Waals surface area (Å²) in [6.07, 6.45) is -3.07. The van der Waals surface area contributed by atoms with Crippen molar-refractivity contribution in [2.75, 3.05) is 36.4 Å². The molecule has 0 unspecified atom stereocenters. The van der Waals surface area contributed by atoms with Crippen LogP contribution in [0, 0.1) is 11.6 Å². The fourth-order valence-corrected chi connectivity index (χ4v) is 3.64. The third-order valence-electron chi connectivity index (χ3n) is 5.53. The molecule has 2 heterocycles. The first-order chi connectivity index (χ1) is 16.6. The smallest absolute Gasteiger partial charge is 0.353 e. The van der Waals surface area contributed by atoms with Gasteiger partial charge in [-0.3, -0.25) is 9.59 Å². The lowest BCUT2D eigenvalue weighted by molar-refractivity contribution is -0.137. The Hall–Kier alpha value is -4.02. The van der Waals surface area contributed by atoms with Crippen molar-refractivity contribution >= 4 is 23.3 Å². The van der Waals surface area contributed by atoms with Crippen molar-refractivity contribution in [2.24, 2.45) is 0 Å². The fourth-order valence-electron chi connectivity index (χ4n) is 3.64. The van der Waals surface area contributed by atoms with Crippen LogP contribution in [0.2, 0.25) is 0 Å². The molecule has 0 atom stereocenters. The third-order valence-corrected chi connectivity index (χ3v) is 5.53. The summed E-state index contributed by atoms with van der Waals surface area (Å²) >= 11 is 0. The van der Waals surface area contributed by atoms with E-state index in [9.17, 15) is 31.5 Å². The number of benzene rings is 2. The molecular formula is C24H19F5N4O2. The van der Waals surface area contributed by atoms with Crippen LogP contribution in [-0.2, 0) is 6.18 Å². The van der Waals surface area contributed by atoms with Crippen LogP contribution in [0.15, 0.2) is 60.8 Å². The highest BCUT2D eigenvalue weighted by Gasteiger charge is 2.31. The molecule has 0 saturated carbocycles. The minimum Gasteiger partial charge on any atom is -0.353 e. The average Bonchev–Trinajstić information content (AvgIpc) is 2.83. The lowest BCUT2D eigenvalue weighted by Crippen LogP contribution is -2.49. The zero-order chi connectivity index (χ0) is 25.2. The van der Waals surface area contributed by atoms with Crippen LogP contribution in [0.3, 0.4) is 0 Å². The standard InChI is InChI=1S/C24H19F5N4O2/c25-17-5-7-19(20(26)13-17)22(34)31-18-6-8-21(30-14-18)32-9-11-33(12-10-32)23(35)15-1-3-16(4-2-15)24(27,28)29/h1-8,13-14H,9-12H2,(H,31,34). The van der Waals surface area contributed by atoms with Crippen LogP contribution in [0.4, 0.5) is 33.5 Å². The Kier molecular flexibility index (Phi) is 6.68. The number of halogens is 5. The SMILES string of the molecule is O=C(Nc1ccc(N2CCN(C(=O)c3ccc(C(F)(F)F)cc3)CC2)nc1)c1ccc(F)cc1F. The zero-order valence-corrected chi connectivity index (χ0v) is 18.1. The third kappa shape index (κ3) is 5.56. The Morgan fingerprint density at radius 1 is 0.886 bits per heavy atom. The molecule has 0 radical (unpaired) electrons. The van der Waals surface area contributed by atoms with E-state index >= 15 is 0 Å². The van der Waals surface area contributed by atoms with Crippen LogP contribution in [0.1, 0.15) is 26.3 Å². The summed E-state index contributed by atoms with van der Waals surface area (Å²) in [6, 6.07) is 10.0. The number of alkyl halides is 3. The van der Waals surface area contributed by atoms with Gasteiger partial charge in [-0.05, 0) is 48.5 Å². The second kappa shape index (κ2) is 9.69. The van der Waals surface area contributed by atoms with Crippen molar-refractivity contribution < 1.29 is 31.5 Å². The van der Waals surface area contributed by atoms with Crippen LogP contribution < -0.4 is 10.2 Å². The summed E-state index contributed by atoms with van der Waals surface area (Å²) in [5.74, 6) is -2.26. The Bertz CT molecular complexity index is 1220. The highest BCUT2D eigenvalue weighted by molar-refractivity contribution is 6.04. The summed E-state index contributed by atoms with van der Waals surface area (Å²) in [4.78, 5) is 32.6. The Morgan fingerprint density at radius 3 is 2.14 bits per heavy atom. The van der Waals surface area contributed by atoms with Crippen molar-refractivity contribution in [3.8, 4) is 0 Å². The van der Waals surface area contributed by atoms with Gasteiger partial charge in [-0.2, -0.15) is 13.2 Å². The minimum absolute atomic E-state index is 0.183. The zero-order valence-electron chi connectivity index (χ0n) is 18.1. The van der Waals surface area contributed by atoms with Gasteiger partial charge in [0.25, 0.3) is 11.8 Å². The molecule has 1 aromatic heterocycles. The molecule has 1 aliphatic rings. The first-order valence-corrected chi connectivity index (χ1v) is 10.6. The van der Waals surface area contributed by atoms with E-state index in [1.165, 1.54) is 18.3 Å². The van der Waals surface area contributed by atoms with Crippen molar-refractivity contribution in [2.45, 2.75) is 6.18 Å². The Labute approximate surface area is 197 Å². The van der Waals surface area contributed by atoms with Gasteiger partial charge in [0, 0.05) is 37.8 Å². The van der Waals surface area contributed by atoms with E-state index in [-0.39, 0.29) is 17.0 Å². The topological polar surface area (TPSA) is 65.5 Å². The Balaban J connectivity index is 1.33. The maximum Gasteiger partial charge on any atom is 0.416 e. The molecule has 1 aliphatic heterocycles. The van der Waals surface area contributed by atoms with Crippen LogP contribution in [0.25, 0.3) is 0 Å². The van der Waals surface area contributed by atoms with E-state index in [1.807, 2.05) is 4.90 Å². The van der Waals surface area contributed by atoms with E-state index in [1.54, 1.807) is 17.0 Å². The highest BCUT2D eigenvalue weighted by Crippen LogP contribution is 2.29. The quantitative estimate of drug-likeness (QED) is 0.544. The normalized spacial score (nSPS) is 14.1. The summed E-state index contributed by atoms with van der Waals surface area (Å²) in [6.45, 7) is 1.60. The largest absolute Gasteiger partial charge is 0.416 e. The predicted molar refractivity (Wildman–Crippen MR) is 118 cm³/mol. The molecule has 0 aliphatic carbocycles. The molecule has 0 bridgehead atoms. The predicted octanol–water partition coefficient (Wildman–Crippen LogP) is 4.59. The molecule has 1 saturated heterocycles. The number of rotatable bonds is 4. The van der Waals surface area contributed by atoms with Gasteiger partial charge in [0.05, 0.1) is 23.0 Å². The van der Waals surface area contributed by atoms with Gasteiger partial charge < -0.3 is 15.1 Å². The van der Waals surface area contributed by atoms with E-state index in [0.29, 0.717) is 43.8 Å². The monoisotopic (exact) mass is 490 g/mol. The lowest BCUT2D eigenvalue weighted by Gasteiger charge is -2.35. The summed E-state index contributed by atoms with van der Waals surface area (Å²) in [5.41, 5.74) is -0.613. The molecule has 1 fully saturated rings. The first kappa shape index (κ1) is 24.1. The second-order valence-electron chi connectivity index (χ2n) is 7.84. The fraction of sp³-hybridized carbons (Fsp3) is 0.208. The van der Waals surface area contributed by atoms with E-state index in [2.05, 4.69) is 10.3 Å². The molecule has 35 heavy (non-hydrogen) atoms. The van der Waals surface area contributed by atoms with Gasteiger partial charge in [-0.15, -0.1) is 0 Å². The summed E-state index contributed by atoms with van der Waals surface area (Å²) in [5, 5.41) is 2.50. The van der Waals surface area contributed by atoms with Gasteiger partial charge in [-0.25, -0.2) is 13.8 Å². The number of pyridine rings is 1. The number of anilines is 2. The van der Waals surface area contributed by atoms with Crippen LogP contribution in [-0.4, -0.2) is 47.9 Å². The number of aromatic nitrogens is 1. The number of carbonyl (C=O) groups is 2. The summed E-state index contributed by atoms with van der Waals surface area (Å²) < 4.78 is 65.0. The van der Waals surface area contributed by atoms with E-state index in [4.69, 9.17) is 0 Å². The van der Waals surface area contributed by atoms with Crippen molar-refractivity contribution in [1.29, 1.82) is 0 Å². The number of amides is 2. The Morgan fingerprint density at radius 2 is 1.57 bits per heavy atom. The molecule has 3 aromatic rings. The van der Waals surface area contributed by atoms with Crippen molar-refractivity contribution in [3.63, 3.8) is 0 Å². The number of nitrogens with zero attached hydrogens (tertiary/aromatic N) is 3. The van der Waals surface area contributed by atoms with E-state index < -0.39 is 29.3 Å². The van der Waals surface area contributed by atoms with E-state index in [0.717, 1.165) is 24.3 Å². The molecule has 182 valence electrons. The number of piperazine rings is 1. The second-order valence-corrected chi connectivity index (χ2v) is 7.84. The average molecular weight is 490 g/mol. The minimum atomic E-state index is -4.46. The number of hydrogen-bond acceptors (Lipinski definition) is 4. The number of nitrogens with one attached hydrogen (secondary N) is 1. The molecule has 2 aromatic carbocycles. The van der Waals surface area contributed by atoms with Gasteiger partial charge in [0.2, 0.25) is 0 Å². The number of hydrogen-bond donors (Lipinski definition) is 1. The van der Waals surface area contributed by atoms with Gasteiger partial charge in [0.15, 0.2) is 0 Å². The highest BCUT2D eigenvalue weighted by atomic mass is 19.4. The molecule has 2 amide bonds. The molecule has 6 nitrogen and oxygen atoms in total. The molecular weight excluding hydrogens is 471 g/mol. The summed E-state index contributed by atoms with van der Waals surface area (Å²) in [7, 11) is 0. The maximum absolute atomic E-state index is 13.8. The lowest BCUT2D eigenvalue weighted by atomic mass is 10.1. The maximum atomic E-state index is 13.8. The first-order valence-electron chi connectivity index (χ1n) is 10.6. The van der Waals surface area contributed by atoms with Crippen molar-refractivity contribution in [1.82, 2.24) is 9.88 Å². The van der Waals surface area contributed by atoms with Gasteiger partial charge in [0.1, 0.15) is 17.5 Å². The number of carbonyl (C=O) groups excluding carboxylic acids is 2. The van der Waals surface area contributed by atoms with Gasteiger partial charge >= 0.3 is 6.18 Å². The molecule has 0 spiro atoms.